The molecule has 2 aromatic rings. The third-order valence-electron chi connectivity index (χ3n) is 3.20. The summed E-state index contributed by atoms with van der Waals surface area (Å²) in [6.07, 6.45) is 6.72. The molecule has 114 valence electrons. The summed E-state index contributed by atoms with van der Waals surface area (Å²) in [4.78, 5) is 17.6. The first kappa shape index (κ1) is 15.8. The summed E-state index contributed by atoms with van der Waals surface area (Å²) in [5.74, 6) is 0.758. The van der Waals surface area contributed by atoms with Crippen molar-refractivity contribution in [2.75, 3.05) is 20.2 Å². The summed E-state index contributed by atoms with van der Waals surface area (Å²) in [5.41, 5.74) is 2.10. The predicted molar refractivity (Wildman–Crippen MR) is 87.6 cm³/mol. The summed E-state index contributed by atoms with van der Waals surface area (Å²) in [5, 5.41) is 0. The minimum atomic E-state index is -0.0589. The van der Waals surface area contributed by atoms with Gasteiger partial charge in [-0.15, -0.1) is 0 Å². The minimum Gasteiger partial charge on any atom is -0.492 e. The molecule has 0 saturated carbocycles. The van der Waals surface area contributed by atoms with Crippen LogP contribution >= 0.6 is 0 Å². The quantitative estimate of drug-likeness (QED) is 0.770. The summed E-state index contributed by atoms with van der Waals surface area (Å²) in [7, 11) is 1.76. The van der Waals surface area contributed by atoms with Gasteiger partial charge in [-0.05, 0) is 36.8 Å². The van der Waals surface area contributed by atoms with Gasteiger partial charge in [0.05, 0.1) is 6.54 Å². The van der Waals surface area contributed by atoms with Crippen LogP contribution in [0.3, 0.4) is 0 Å². The van der Waals surface area contributed by atoms with E-state index in [-0.39, 0.29) is 5.91 Å². The van der Waals surface area contributed by atoms with Crippen molar-refractivity contribution >= 4 is 12.0 Å². The lowest BCUT2D eigenvalue weighted by Gasteiger charge is -2.15. The molecule has 0 atom stereocenters. The first-order valence-electron chi connectivity index (χ1n) is 7.18. The lowest BCUT2D eigenvalue weighted by Crippen LogP contribution is -2.29. The number of rotatable bonds is 6. The number of ether oxygens (including phenoxy) is 1. The Labute approximate surface area is 131 Å². The average Bonchev–Trinajstić information content (AvgIpc) is 2.55. The van der Waals surface area contributed by atoms with Gasteiger partial charge in [0, 0.05) is 25.5 Å². The highest BCUT2D eigenvalue weighted by molar-refractivity contribution is 5.91. The van der Waals surface area contributed by atoms with Crippen LogP contribution in [-0.4, -0.2) is 36.0 Å². The Morgan fingerprint density at radius 3 is 2.73 bits per heavy atom. The van der Waals surface area contributed by atoms with E-state index in [1.54, 1.807) is 36.5 Å². The molecule has 1 aromatic carbocycles. The molecule has 22 heavy (non-hydrogen) atoms. The van der Waals surface area contributed by atoms with E-state index < -0.39 is 0 Å². The van der Waals surface area contributed by atoms with Crippen LogP contribution in [0, 0.1) is 6.92 Å². The highest BCUT2D eigenvalue weighted by Crippen LogP contribution is 2.11. The Morgan fingerprint density at radius 1 is 1.27 bits per heavy atom. The monoisotopic (exact) mass is 296 g/mol. The highest BCUT2D eigenvalue weighted by Gasteiger charge is 2.04. The zero-order chi connectivity index (χ0) is 15.8. The van der Waals surface area contributed by atoms with Crippen LogP contribution in [0.25, 0.3) is 6.08 Å². The number of aromatic nitrogens is 1. The van der Waals surface area contributed by atoms with Gasteiger partial charge in [-0.25, -0.2) is 0 Å². The first-order chi connectivity index (χ1) is 10.6. The third-order valence-corrected chi connectivity index (χ3v) is 3.20. The summed E-state index contributed by atoms with van der Waals surface area (Å²) in [6, 6.07) is 11.6. The Kier molecular flexibility index (Phi) is 5.72. The molecule has 0 aliphatic heterocycles. The second-order valence-electron chi connectivity index (χ2n) is 5.04. The Hall–Kier alpha value is -2.62. The fourth-order valence-corrected chi connectivity index (χ4v) is 1.81. The van der Waals surface area contributed by atoms with E-state index in [0.29, 0.717) is 13.2 Å². The molecule has 4 nitrogen and oxygen atoms in total. The molecule has 1 amide bonds. The number of nitrogens with zero attached hydrogens (tertiary/aromatic N) is 2. The van der Waals surface area contributed by atoms with Gasteiger partial charge >= 0.3 is 0 Å². The van der Waals surface area contributed by atoms with Gasteiger partial charge in [0.2, 0.25) is 5.91 Å². The summed E-state index contributed by atoms with van der Waals surface area (Å²) < 4.78 is 5.62. The Morgan fingerprint density at radius 2 is 2.05 bits per heavy atom. The van der Waals surface area contributed by atoms with Crippen molar-refractivity contribution in [2.24, 2.45) is 0 Å². The van der Waals surface area contributed by atoms with Crippen LogP contribution in [0.1, 0.15) is 11.1 Å². The molecule has 0 saturated heterocycles. The van der Waals surface area contributed by atoms with Gasteiger partial charge < -0.3 is 9.64 Å². The highest BCUT2D eigenvalue weighted by atomic mass is 16.5. The smallest absolute Gasteiger partial charge is 0.246 e. The van der Waals surface area contributed by atoms with Crippen molar-refractivity contribution in [1.82, 2.24) is 9.88 Å². The number of hydrogen-bond donors (Lipinski definition) is 0. The molecular weight excluding hydrogens is 276 g/mol. The maximum Gasteiger partial charge on any atom is 0.246 e. The maximum absolute atomic E-state index is 12.0. The molecule has 0 spiro atoms. The lowest BCUT2D eigenvalue weighted by atomic mass is 10.2. The van der Waals surface area contributed by atoms with Crippen molar-refractivity contribution in [3.8, 4) is 5.75 Å². The van der Waals surface area contributed by atoms with E-state index in [1.165, 1.54) is 5.56 Å². The largest absolute Gasteiger partial charge is 0.492 e. The molecule has 0 aliphatic rings. The van der Waals surface area contributed by atoms with Crippen molar-refractivity contribution in [3.05, 3.63) is 66.0 Å². The molecule has 0 aliphatic carbocycles. The van der Waals surface area contributed by atoms with Crippen LogP contribution < -0.4 is 4.74 Å². The molecule has 0 fully saturated rings. The van der Waals surface area contributed by atoms with Gasteiger partial charge in [-0.3, -0.25) is 9.78 Å². The number of benzene rings is 1. The molecule has 0 unspecified atom stereocenters. The second kappa shape index (κ2) is 7.98. The van der Waals surface area contributed by atoms with Gasteiger partial charge in [-0.2, -0.15) is 0 Å². The van der Waals surface area contributed by atoms with Gasteiger partial charge in [0.1, 0.15) is 12.4 Å². The molecule has 1 aromatic heterocycles. The van der Waals surface area contributed by atoms with Crippen LogP contribution in [0.5, 0.6) is 5.75 Å². The average molecular weight is 296 g/mol. The fraction of sp³-hybridized carbons (Fsp3) is 0.222. The molecule has 4 heteroatoms. The number of likely N-dealkylation sites (N-methyl/N-ethyl adjacent to an activating group) is 1. The SMILES string of the molecule is Cc1ccc(OCCN(C)C(=O)/C=C/c2cccnc2)cc1. The Balaban J connectivity index is 1.76. The van der Waals surface area contributed by atoms with E-state index in [0.717, 1.165) is 11.3 Å². The van der Waals surface area contributed by atoms with Gasteiger partial charge in [0.15, 0.2) is 0 Å². The predicted octanol–water partition coefficient (Wildman–Crippen LogP) is 2.94. The van der Waals surface area contributed by atoms with E-state index in [9.17, 15) is 4.79 Å². The standard InChI is InChI=1S/C18H20N2O2/c1-15-5-8-17(9-6-15)22-13-12-20(2)18(21)10-7-16-4-3-11-19-14-16/h3-11,14H,12-13H2,1-2H3/b10-7+. The van der Waals surface area contributed by atoms with Gasteiger partial charge in [-0.1, -0.05) is 23.8 Å². The minimum absolute atomic E-state index is 0.0589. The van der Waals surface area contributed by atoms with Crippen LogP contribution in [0.2, 0.25) is 0 Å². The molecule has 2 rings (SSSR count). The molecular formula is C18H20N2O2. The van der Waals surface area contributed by atoms with Crippen molar-refractivity contribution in [2.45, 2.75) is 6.92 Å². The van der Waals surface area contributed by atoms with Gasteiger partial charge in [0.25, 0.3) is 0 Å². The van der Waals surface area contributed by atoms with E-state index in [4.69, 9.17) is 4.74 Å². The molecule has 0 radical (unpaired) electrons. The second-order valence-corrected chi connectivity index (χ2v) is 5.04. The summed E-state index contributed by atoms with van der Waals surface area (Å²) in [6.45, 7) is 3.03. The van der Waals surface area contributed by atoms with Crippen molar-refractivity contribution < 1.29 is 9.53 Å². The Bertz CT molecular complexity index is 621. The van der Waals surface area contributed by atoms with Crippen LogP contribution in [0.4, 0.5) is 0 Å². The summed E-state index contributed by atoms with van der Waals surface area (Å²) >= 11 is 0. The van der Waals surface area contributed by atoms with Crippen molar-refractivity contribution in [3.63, 3.8) is 0 Å². The molecule has 1 heterocycles. The number of carbonyl (C=O) groups excluding carboxylic acids is 1. The number of carbonyl (C=O) groups is 1. The number of pyridine rings is 1. The third kappa shape index (κ3) is 5.05. The zero-order valence-electron chi connectivity index (χ0n) is 12.9. The topological polar surface area (TPSA) is 42.4 Å². The van der Waals surface area contributed by atoms with E-state index in [1.807, 2.05) is 43.3 Å². The molecule has 0 bridgehead atoms. The lowest BCUT2D eigenvalue weighted by molar-refractivity contribution is -0.125. The number of amides is 1. The van der Waals surface area contributed by atoms with Crippen LogP contribution in [0.15, 0.2) is 54.9 Å². The van der Waals surface area contributed by atoms with Crippen molar-refractivity contribution in [1.29, 1.82) is 0 Å². The maximum atomic E-state index is 12.0. The number of aryl methyl sites for hydroxylation is 1. The fourth-order valence-electron chi connectivity index (χ4n) is 1.81. The molecule has 0 N–H and O–H groups in total. The zero-order valence-corrected chi connectivity index (χ0v) is 12.9. The van der Waals surface area contributed by atoms with Crippen LogP contribution in [-0.2, 0) is 4.79 Å². The first-order valence-corrected chi connectivity index (χ1v) is 7.18. The normalized spacial score (nSPS) is 10.6. The van der Waals surface area contributed by atoms with E-state index in [2.05, 4.69) is 4.98 Å². The number of hydrogen-bond acceptors (Lipinski definition) is 3. The van der Waals surface area contributed by atoms with E-state index >= 15 is 0 Å².